The minimum absolute atomic E-state index is 0.115. The van der Waals surface area contributed by atoms with Gasteiger partial charge in [-0.15, -0.1) is 0 Å². The zero-order chi connectivity index (χ0) is 16.4. The van der Waals surface area contributed by atoms with E-state index in [1.165, 1.54) is 57.8 Å². The highest BCUT2D eigenvalue weighted by Crippen LogP contribution is 2.36. The van der Waals surface area contributed by atoms with Crippen LogP contribution >= 0.6 is 0 Å². The molecular weight excluding hydrogens is 300 g/mol. The number of carbonyl (C=O) groups is 1. The molecule has 1 amide bonds. The van der Waals surface area contributed by atoms with E-state index >= 15 is 0 Å². The molecule has 2 heterocycles. The molecule has 0 bridgehead atoms. The number of amides is 1. The van der Waals surface area contributed by atoms with Gasteiger partial charge >= 0.3 is 0 Å². The zero-order valence-electron chi connectivity index (χ0n) is 14.6. The molecule has 5 nitrogen and oxygen atoms in total. The molecule has 2 saturated carbocycles. The molecule has 1 aromatic heterocycles. The monoisotopic (exact) mass is 330 g/mol. The fourth-order valence-electron chi connectivity index (χ4n) is 5.06. The summed E-state index contributed by atoms with van der Waals surface area (Å²) < 4.78 is 2.03. The van der Waals surface area contributed by atoms with Crippen molar-refractivity contribution in [2.45, 2.75) is 63.8 Å². The summed E-state index contributed by atoms with van der Waals surface area (Å²) in [4.78, 5) is 14.9. The average molecular weight is 330 g/mol. The first-order valence-corrected chi connectivity index (χ1v) is 9.85. The number of hydrogen-bond acceptors (Lipinski definition) is 3. The summed E-state index contributed by atoms with van der Waals surface area (Å²) in [5, 5.41) is 7.55. The van der Waals surface area contributed by atoms with Crippen molar-refractivity contribution in [3.8, 4) is 0 Å². The minimum atomic E-state index is 0.115. The lowest BCUT2D eigenvalue weighted by Crippen LogP contribution is -2.45. The van der Waals surface area contributed by atoms with Crippen LogP contribution in [-0.2, 0) is 4.79 Å². The summed E-state index contributed by atoms with van der Waals surface area (Å²) in [6.45, 7) is 2.72. The van der Waals surface area contributed by atoms with Crippen molar-refractivity contribution in [2.75, 3.05) is 25.0 Å². The second-order valence-corrected chi connectivity index (χ2v) is 7.98. The molecule has 24 heavy (non-hydrogen) atoms. The largest absolute Gasteiger partial charge is 0.310 e. The molecule has 1 aliphatic heterocycles. The summed E-state index contributed by atoms with van der Waals surface area (Å²) in [7, 11) is 0. The van der Waals surface area contributed by atoms with Crippen molar-refractivity contribution in [2.24, 2.45) is 11.8 Å². The maximum Gasteiger partial charge on any atom is 0.239 e. The molecule has 2 aliphatic carbocycles. The van der Waals surface area contributed by atoms with Crippen molar-refractivity contribution < 1.29 is 4.79 Å². The van der Waals surface area contributed by atoms with Crippen LogP contribution in [0.3, 0.4) is 0 Å². The maximum atomic E-state index is 12.5. The summed E-state index contributed by atoms with van der Waals surface area (Å²) in [5.74, 6) is 2.73. The van der Waals surface area contributed by atoms with E-state index in [2.05, 4.69) is 15.3 Å². The lowest BCUT2D eigenvalue weighted by Gasteiger charge is -2.41. The summed E-state index contributed by atoms with van der Waals surface area (Å²) in [5.41, 5.74) is 0. The van der Waals surface area contributed by atoms with E-state index in [1.54, 1.807) is 6.20 Å². The van der Waals surface area contributed by atoms with Crippen LogP contribution in [0.25, 0.3) is 0 Å². The molecule has 0 radical (unpaired) electrons. The summed E-state index contributed by atoms with van der Waals surface area (Å²) >= 11 is 0. The van der Waals surface area contributed by atoms with E-state index in [0.29, 0.717) is 12.6 Å². The highest BCUT2D eigenvalue weighted by molar-refractivity contribution is 5.91. The van der Waals surface area contributed by atoms with Crippen molar-refractivity contribution >= 4 is 11.7 Å². The Bertz CT molecular complexity index is 563. The number of aromatic nitrogens is 2. The Kier molecular flexibility index (Phi) is 4.88. The van der Waals surface area contributed by atoms with Crippen LogP contribution < -0.4 is 5.32 Å². The van der Waals surface area contributed by atoms with Crippen molar-refractivity contribution in [1.82, 2.24) is 14.7 Å². The number of nitrogens with one attached hydrogen (secondary N) is 1. The van der Waals surface area contributed by atoms with Gasteiger partial charge in [0.05, 0.1) is 18.8 Å². The molecule has 0 aromatic carbocycles. The minimum Gasteiger partial charge on any atom is -0.310 e. The van der Waals surface area contributed by atoms with E-state index in [4.69, 9.17) is 0 Å². The highest BCUT2D eigenvalue weighted by Gasteiger charge is 2.31. The van der Waals surface area contributed by atoms with Crippen LogP contribution in [0.1, 0.15) is 63.8 Å². The van der Waals surface area contributed by atoms with Gasteiger partial charge in [-0.2, -0.15) is 5.10 Å². The molecule has 3 fully saturated rings. The van der Waals surface area contributed by atoms with E-state index in [-0.39, 0.29) is 5.91 Å². The second-order valence-electron chi connectivity index (χ2n) is 7.98. The molecule has 5 heteroatoms. The third-order valence-electron chi connectivity index (χ3n) is 6.35. The Morgan fingerprint density at radius 2 is 1.83 bits per heavy atom. The second kappa shape index (κ2) is 7.26. The fourth-order valence-corrected chi connectivity index (χ4v) is 5.06. The smallest absolute Gasteiger partial charge is 0.239 e. The van der Waals surface area contributed by atoms with Gasteiger partial charge in [-0.3, -0.25) is 9.69 Å². The number of likely N-dealkylation sites (tertiary alicyclic amines) is 1. The number of nitrogens with zero attached hydrogens (tertiary/aromatic N) is 3. The van der Waals surface area contributed by atoms with Gasteiger partial charge in [0.1, 0.15) is 5.82 Å². The SMILES string of the molecule is O=C(CN1CC[C@H]2CCCC[C@H]2C1)Nc1ccnn1C1CCCC1. The topological polar surface area (TPSA) is 50.2 Å². The third-order valence-corrected chi connectivity index (χ3v) is 6.35. The standard InChI is InChI=1S/C19H30N4O/c24-19(14-22-12-10-15-5-1-2-6-16(15)13-22)21-18-9-11-20-23(18)17-7-3-4-8-17/h9,11,15-17H,1-8,10,12-14H2,(H,21,24)/t15-,16+/m1/s1. The van der Waals surface area contributed by atoms with Gasteiger partial charge in [-0.05, 0) is 44.1 Å². The van der Waals surface area contributed by atoms with Crippen molar-refractivity contribution in [3.05, 3.63) is 12.3 Å². The molecule has 132 valence electrons. The third kappa shape index (κ3) is 3.51. The highest BCUT2D eigenvalue weighted by atomic mass is 16.2. The molecule has 1 aromatic rings. The number of carbonyl (C=O) groups excluding carboxylic acids is 1. The molecule has 1 saturated heterocycles. The Hall–Kier alpha value is -1.36. The molecule has 3 aliphatic rings. The molecule has 2 atom stereocenters. The zero-order valence-corrected chi connectivity index (χ0v) is 14.6. The van der Waals surface area contributed by atoms with Gasteiger partial charge in [0, 0.05) is 12.6 Å². The fraction of sp³-hybridized carbons (Fsp3) is 0.789. The van der Waals surface area contributed by atoms with Crippen LogP contribution in [0.15, 0.2) is 12.3 Å². The van der Waals surface area contributed by atoms with Gasteiger partial charge in [0.25, 0.3) is 0 Å². The normalized spacial score (nSPS) is 28.7. The lowest BCUT2D eigenvalue weighted by atomic mass is 9.75. The summed E-state index contributed by atoms with van der Waals surface area (Å²) in [6.07, 6.45) is 13.5. The number of rotatable bonds is 4. The molecule has 0 spiro atoms. The van der Waals surface area contributed by atoms with Gasteiger partial charge in [0.2, 0.25) is 5.91 Å². The van der Waals surface area contributed by atoms with Crippen molar-refractivity contribution in [3.63, 3.8) is 0 Å². The van der Waals surface area contributed by atoms with Crippen LogP contribution in [0.4, 0.5) is 5.82 Å². The van der Waals surface area contributed by atoms with Crippen LogP contribution in [0, 0.1) is 11.8 Å². The first-order valence-electron chi connectivity index (χ1n) is 9.85. The first kappa shape index (κ1) is 16.1. The Labute approximate surface area is 144 Å². The Morgan fingerprint density at radius 1 is 1.08 bits per heavy atom. The van der Waals surface area contributed by atoms with Gasteiger partial charge < -0.3 is 5.32 Å². The van der Waals surface area contributed by atoms with E-state index < -0.39 is 0 Å². The Morgan fingerprint density at radius 3 is 2.67 bits per heavy atom. The van der Waals surface area contributed by atoms with Crippen LogP contribution in [0.2, 0.25) is 0 Å². The van der Waals surface area contributed by atoms with E-state index in [1.807, 2.05) is 10.7 Å². The molecule has 4 rings (SSSR count). The number of fused-ring (bicyclic) bond motifs is 1. The number of piperidine rings is 1. The van der Waals surface area contributed by atoms with Crippen LogP contribution in [-0.4, -0.2) is 40.2 Å². The number of anilines is 1. The van der Waals surface area contributed by atoms with Gasteiger partial charge in [-0.1, -0.05) is 32.1 Å². The van der Waals surface area contributed by atoms with Crippen LogP contribution in [0.5, 0.6) is 0 Å². The van der Waals surface area contributed by atoms with Crippen molar-refractivity contribution in [1.29, 1.82) is 0 Å². The van der Waals surface area contributed by atoms with Gasteiger partial charge in [0.15, 0.2) is 0 Å². The van der Waals surface area contributed by atoms with E-state index in [9.17, 15) is 4.79 Å². The summed E-state index contributed by atoms with van der Waals surface area (Å²) in [6, 6.07) is 2.40. The predicted molar refractivity (Wildman–Crippen MR) is 94.9 cm³/mol. The van der Waals surface area contributed by atoms with Gasteiger partial charge in [-0.25, -0.2) is 4.68 Å². The lowest BCUT2D eigenvalue weighted by molar-refractivity contribution is -0.118. The average Bonchev–Trinajstić information content (AvgIpc) is 3.25. The molecule has 0 unspecified atom stereocenters. The Balaban J connectivity index is 1.31. The number of hydrogen-bond donors (Lipinski definition) is 1. The molecular formula is C19H30N4O. The first-order chi connectivity index (χ1) is 11.8. The predicted octanol–water partition coefficient (Wildman–Crippen LogP) is 3.45. The molecule has 1 N–H and O–H groups in total. The van der Waals surface area contributed by atoms with E-state index in [0.717, 1.165) is 30.7 Å². The maximum absolute atomic E-state index is 12.5. The quantitative estimate of drug-likeness (QED) is 0.920.